The fraction of sp³-hybridized carbons (Fsp3) is 0.440. The summed E-state index contributed by atoms with van der Waals surface area (Å²) in [5, 5.41) is 9.08. The quantitative estimate of drug-likeness (QED) is 0.722. The molecule has 150 valence electrons. The van der Waals surface area contributed by atoms with E-state index in [4.69, 9.17) is 9.84 Å². The van der Waals surface area contributed by atoms with Gasteiger partial charge in [0.1, 0.15) is 5.75 Å². The van der Waals surface area contributed by atoms with E-state index in [0.717, 1.165) is 23.5 Å². The summed E-state index contributed by atoms with van der Waals surface area (Å²) >= 11 is 0. The summed E-state index contributed by atoms with van der Waals surface area (Å²) in [6.07, 6.45) is 7.74. The molecule has 4 fully saturated rings. The number of ether oxygens (including phenoxy) is 1. The maximum Gasteiger partial charge on any atom is 0.335 e. The van der Waals surface area contributed by atoms with Crippen molar-refractivity contribution in [1.82, 2.24) is 0 Å². The lowest BCUT2D eigenvalue weighted by Crippen LogP contribution is -2.48. The van der Waals surface area contributed by atoms with E-state index in [2.05, 4.69) is 6.07 Å². The van der Waals surface area contributed by atoms with Crippen LogP contribution < -0.4 is 4.74 Å². The van der Waals surface area contributed by atoms with E-state index in [0.29, 0.717) is 11.1 Å². The Morgan fingerprint density at radius 3 is 1.90 bits per heavy atom. The maximum atomic E-state index is 13.1. The summed E-state index contributed by atoms with van der Waals surface area (Å²) in [7, 11) is 1.71. The van der Waals surface area contributed by atoms with E-state index in [1.54, 1.807) is 19.2 Å². The maximum absolute atomic E-state index is 13.1. The van der Waals surface area contributed by atoms with Gasteiger partial charge in [0, 0.05) is 16.7 Å². The van der Waals surface area contributed by atoms with Gasteiger partial charge in [0.25, 0.3) is 0 Å². The van der Waals surface area contributed by atoms with Gasteiger partial charge in [0.15, 0.2) is 5.78 Å². The van der Waals surface area contributed by atoms with Crippen LogP contribution in [0.2, 0.25) is 0 Å². The third-order valence-electron chi connectivity index (χ3n) is 7.47. The molecule has 0 aliphatic heterocycles. The minimum Gasteiger partial charge on any atom is -0.496 e. The van der Waals surface area contributed by atoms with E-state index < -0.39 is 5.97 Å². The van der Waals surface area contributed by atoms with Gasteiger partial charge in [0.2, 0.25) is 0 Å². The second-order valence-electron chi connectivity index (χ2n) is 9.32. The van der Waals surface area contributed by atoms with Gasteiger partial charge in [-0.25, -0.2) is 4.79 Å². The zero-order valence-corrected chi connectivity index (χ0v) is 16.7. The zero-order chi connectivity index (χ0) is 20.2. The fourth-order valence-electron chi connectivity index (χ4n) is 6.64. The largest absolute Gasteiger partial charge is 0.496 e. The summed E-state index contributed by atoms with van der Waals surface area (Å²) in [5.41, 5.74) is 2.69. The monoisotopic (exact) mass is 390 g/mol. The number of hydrogen-bond acceptors (Lipinski definition) is 3. The SMILES string of the molecule is COc1ccc(C(=O)c2ccc(C(=O)O)cc2)cc1C12CC3CC(CC(C3)C1)C2. The Labute approximate surface area is 170 Å². The van der Waals surface area contributed by atoms with Crippen LogP contribution in [-0.4, -0.2) is 24.0 Å². The van der Waals surface area contributed by atoms with Crippen molar-refractivity contribution in [3.05, 3.63) is 64.7 Å². The number of carboxylic acids is 1. The summed E-state index contributed by atoms with van der Waals surface area (Å²) in [5.74, 6) is 2.27. The molecule has 4 aliphatic rings. The smallest absolute Gasteiger partial charge is 0.335 e. The molecule has 4 bridgehead atoms. The highest BCUT2D eigenvalue weighted by Gasteiger charge is 2.52. The molecular formula is C25H26O4. The average molecular weight is 390 g/mol. The Bertz CT molecular complexity index is 938. The molecule has 0 aromatic heterocycles. The molecule has 0 saturated heterocycles. The second kappa shape index (κ2) is 6.72. The topological polar surface area (TPSA) is 63.6 Å². The molecule has 0 unspecified atom stereocenters. The molecule has 0 amide bonds. The van der Waals surface area contributed by atoms with Crippen molar-refractivity contribution < 1.29 is 19.4 Å². The van der Waals surface area contributed by atoms with Gasteiger partial charge in [-0.2, -0.15) is 0 Å². The van der Waals surface area contributed by atoms with Crippen LogP contribution in [0.15, 0.2) is 42.5 Å². The standard InChI is InChI=1S/C25H26O4/c1-29-22-7-6-20(23(26)18-2-4-19(5-3-18)24(27)28)11-21(22)25-12-15-8-16(13-25)10-17(9-15)14-25/h2-7,11,15-17H,8-10,12-14H2,1H3,(H,27,28). The fourth-order valence-corrected chi connectivity index (χ4v) is 6.64. The number of hydrogen-bond donors (Lipinski definition) is 1. The number of methoxy groups -OCH3 is 1. The van der Waals surface area contributed by atoms with Crippen LogP contribution in [-0.2, 0) is 5.41 Å². The van der Waals surface area contributed by atoms with Gasteiger partial charge < -0.3 is 9.84 Å². The van der Waals surface area contributed by atoms with E-state index >= 15 is 0 Å². The van der Waals surface area contributed by atoms with Crippen LogP contribution in [0.3, 0.4) is 0 Å². The van der Waals surface area contributed by atoms with Gasteiger partial charge in [0.05, 0.1) is 12.7 Å². The van der Waals surface area contributed by atoms with Gasteiger partial charge in [-0.3, -0.25) is 4.79 Å². The van der Waals surface area contributed by atoms with Crippen molar-refractivity contribution in [2.24, 2.45) is 17.8 Å². The van der Waals surface area contributed by atoms with E-state index in [1.165, 1.54) is 56.2 Å². The highest BCUT2D eigenvalue weighted by Crippen LogP contribution is 2.61. The molecule has 4 saturated carbocycles. The summed E-state index contributed by atoms with van der Waals surface area (Å²) < 4.78 is 5.74. The van der Waals surface area contributed by atoms with Crippen molar-refractivity contribution in [3.8, 4) is 5.75 Å². The van der Waals surface area contributed by atoms with Gasteiger partial charge in [-0.15, -0.1) is 0 Å². The summed E-state index contributed by atoms with van der Waals surface area (Å²) in [4.78, 5) is 24.2. The molecule has 1 N–H and O–H groups in total. The molecule has 2 aromatic carbocycles. The lowest BCUT2D eigenvalue weighted by molar-refractivity contribution is -0.00617. The molecule has 29 heavy (non-hydrogen) atoms. The zero-order valence-electron chi connectivity index (χ0n) is 16.7. The van der Waals surface area contributed by atoms with Gasteiger partial charge >= 0.3 is 5.97 Å². The molecule has 2 aromatic rings. The predicted octanol–water partition coefficient (Wildman–Crippen LogP) is 5.09. The molecule has 4 heteroatoms. The first-order valence-corrected chi connectivity index (χ1v) is 10.5. The molecule has 4 aliphatic carbocycles. The van der Waals surface area contributed by atoms with Crippen LogP contribution in [0, 0.1) is 17.8 Å². The second-order valence-corrected chi connectivity index (χ2v) is 9.32. The number of carbonyl (C=O) groups excluding carboxylic acids is 1. The van der Waals surface area contributed by atoms with Gasteiger partial charge in [-0.1, -0.05) is 12.1 Å². The van der Waals surface area contributed by atoms with E-state index in [9.17, 15) is 9.59 Å². The highest BCUT2D eigenvalue weighted by molar-refractivity contribution is 6.09. The van der Waals surface area contributed by atoms with E-state index in [-0.39, 0.29) is 16.8 Å². The van der Waals surface area contributed by atoms with Crippen molar-refractivity contribution in [3.63, 3.8) is 0 Å². The highest BCUT2D eigenvalue weighted by atomic mass is 16.5. The van der Waals surface area contributed by atoms with Crippen molar-refractivity contribution >= 4 is 11.8 Å². The minimum atomic E-state index is -0.988. The van der Waals surface area contributed by atoms with Crippen molar-refractivity contribution in [2.45, 2.75) is 43.9 Å². The molecule has 0 spiro atoms. The predicted molar refractivity (Wildman–Crippen MR) is 110 cm³/mol. The minimum absolute atomic E-state index is 0.0735. The van der Waals surface area contributed by atoms with E-state index in [1.807, 2.05) is 12.1 Å². The lowest BCUT2D eigenvalue weighted by Gasteiger charge is -2.57. The number of ketones is 1. The summed E-state index contributed by atoms with van der Waals surface area (Å²) in [6, 6.07) is 12.0. The molecule has 0 radical (unpaired) electrons. The first-order valence-electron chi connectivity index (χ1n) is 10.5. The molecular weight excluding hydrogens is 364 g/mol. The Morgan fingerprint density at radius 2 is 1.38 bits per heavy atom. The first kappa shape index (κ1) is 18.4. The molecule has 4 nitrogen and oxygen atoms in total. The first-order chi connectivity index (χ1) is 14.0. The van der Waals surface area contributed by atoms with Gasteiger partial charge in [-0.05, 0) is 92.0 Å². The van der Waals surface area contributed by atoms with Crippen LogP contribution >= 0.6 is 0 Å². The van der Waals surface area contributed by atoms with Crippen LogP contribution in [0.4, 0.5) is 0 Å². The number of carbonyl (C=O) groups is 2. The number of carboxylic acid groups (broad SMARTS) is 1. The van der Waals surface area contributed by atoms with Crippen LogP contribution in [0.25, 0.3) is 0 Å². The normalized spacial score (nSPS) is 29.6. The Kier molecular flexibility index (Phi) is 4.27. The van der Waals surface area contributed by atoms with Crippen molar-refractivity contribution in [1.29, 1.82) is 0 Å². The number of aromatic carboxylic acids is 1. The lowest BCUT2D eigenvalue weighted by atomic mass is 9.48. The molecule has 0 heterocycles. The molecule has 0 atom stereocenters. The number of rotatable bonds is 5. The third kappa shape index (κ3) is 3.06. The number of benzene rings is 2. The Hall–Kier alpha value is -2.62. The molecule has 6 rings (SSSR count). The van der Waals surface area contributed by atoms with Crippen LogP contribution in [0.1, 0.15) is 70.4 Å². The Balaban J connectivity index is 1.52. The Morgan fingerprint density at radius 1 is 0.862 bits per heavy atom. The summed E-state index contributed by atoms with van der Waals surface area (Å²) in [6.45, 7) is 0. The van der Waals surface area contributed by atoms with Crippen molar-refractivity contribution in [2.75, 3.05) is 7.11 Å². The third-order valence-corrected chi connectivity index (χ3v) is 7.47. The average Bonchev–Trinajstić information content (AvgIpc) is 2.72. The van der Waals surface area contributed by atoms with Crippen LogP contribution in [0.5, 0.6) is 5.75 Å².